The molecule has 0 atom stereocenters. The van der Waals surface area contributed by atoms with Crippen LogP contribution in [-0.2, 0) is 0 Å². The molecule has 14 heavy (non-hydrogen) atoms. The third-order valence-corrected chi connectivity index (χ3v) is 2.29. The van der Waals surface area contributed by atoms with E-state index in [2.05, 4.69) is 4.99 Å². The van der Waals surface area contributed by atoms with Crippen LogP contribution in [0.4, 0.5) is 5.69 Å². The largest absolute Gasteiger partial charge is 0.335 e. The van der Waals surface area contributed by atoms with Gasteiger partial charge in [0, 0.05) is 7.05 Å². The van der Waals surface area contributed by atoms with Gasteiger partial charge < -0.3 is 4.90 Å². The van der Waals surface area contributed by atoms with Crippen molar-refractivity contribution < 1.29 is 4.79 Å². The van der Waals surface area contributed by atoms with E-state index in [1.165, 1.54) is 0 Å². The van der Waals surface area contributed by atoms with Gasteiger partial charge in [-0.3, -0.25) is 4.79 Å². The van der Waals surface area contributed by atoms with Gasteiger partial charge in [-0.05, 0) is 12.1 Å². The minimum absolute atomic E-state index is 0.0417. The Bertz CT molecular complexity index is 414. The molecular weight excluding hydrogens is 200 g/mol. The van der Waals surface area contributed by atoms with E-state index in [0.29, 0.717) is 23.0 Å². The van der Waals surface area contributed by atoms with Crippen LogP contribution in [0.3, 0.4) is 0 Å². The molecule has 1 amide bonds. The number of fused-ring (bicyclic) bond motifs is 1. The lowest BCUT2D eigenvalue weighted by molar-refractivity contribution is 0.0818. The monoisotopic (exact) mass is 208 g/mol. The number of para-hydroxylation sites is 1. The molecule has 1 aliphatic heterocycles. The summed E-state index contributed by atoms with van der Waals surface area (Å²) in [4.78, 5) is 17.5. The summed E-state index contributed by atoms with van der Waals surface area (Å²) in [6.07, 6.45) is 0. The maximum absolute atomic E-state index is 11.8. The van der Waals surface area contributed by atoms with Gasteiger partial charge in [0.2, 0.25) is 0 Å². The zero-order chi connectivity index (χ0) is 10.1. The van der Waals surface area contributed by atoms with Gasteiger partial charge in [0.05, 0.1) is 17.8 Å². The van der Waals surface area contributed by atoms with Gasteiger partial charge in [-0.1, -0.05) is 23.7 Å². The van der Waals surface area contributed by atoms with Crippen LogP contribution in [0.1, 0.15) is 10.4 Å². The number of hydrogen-bond acceptors (Lipinski definition) is 2. The van der Waals surface area contributed by atoms with E-state index in [4.69, 9.17) is 11.6 Å². The highest BCUT2D eigenvalue weighted by Gasteiger charge is 2.19. The first-order valence-corrected chi connectivity index (χ1v) is 4.64. The minimum Gasteiger partial charge on any atom is -0.335 e. The molecule has 0 radical (unpaired) electrons. The maximum atomic E-state index is 11.8. The van der Waals surface area contributed by atoms with Gasteiger partial charge in [0.15, 0.2) is 0 Å². The third kappa shape index (κ3) is 1.51. The molecule has 0 N–H and O–H groups in total. The molecule has 2 rings (SSSR count). The number of amides is 1. The van der Waals surface area contributed by atoms with E-state index in [-0.39, 0.29) is 5.91 Å². The topological polar surface area (TPSA) is 32.7 Å². The Balaban J connectivity index is 2.58. The molecule has 72 valence electrons. The second-order valence-corrected chi connectivity index (χ2v) is 3.60. The van der Waals surface area contributed by atoms with Gasteiger partial charge in [-0.2, -0.15) is 0 Å². The molecule has 0 aromatic heterocycles. The zero-order valence-corrected chi connectivity index (χ0v) is 8.45. The van der Waals surface area contributed by atoms with Crippen molar-refractivity contribution in [1.82, 2.24) is 4.90 Å². The van der Waals surface area contributed by atoms with E-state index in [9.17, 15) is 4.79 Å². The third-order valence-electron chi connectivity index (χ3n) is 2.09. The molecule has 0 aliphatic carbocycles. The van der Waals surface area contributed by atoms with E-state index < -0.39 is 0 Å². The van der Waals surface area contributed by atoms with Gasteiger partial charge >= 0.3 is 0 Å². The first-order valence-electron chi connectivity index (χ1n) is 4.26. The summed E-state index contributed by atoms with van der Waals surface area (Å²) < 4.78 is 0. The minimum atomic E-state index is -0.0417. The SMILES string of the molecule is CN1CC(Cl)=Nc2ccccc2C1=O. The van der Waals surface area contributed by atoms with Crippen molar-refractivity contribution >= 4 is 28.4 Å². The van der Waals surface area contributed by atoms with E-state index in [0.717, 1.165) is 0 Å². The Morgan fingerprint density at radius 3 is 2.93 bits per heavy atom. The standard InChI is InChI=1S/C10H9ClN2O/c1-13-6-9(11)12-8-5-3-2-4-7(8)10(13)14/h2-5H,6H2,1H3. The van der Waals surface area contributed by atoms with E-state index >= 15 is 0 Å². The van der Waals surface area contributed by atoms with Crippen molar-refractivity contribution in [2.45, 2.75) is 0 Å². The average molecular weight is 209 g/mol. The lowest BCUT2D eigenvalue weighted by Gasteiger charge is -2.13. The molecule has 1 heterocycles. The predicted molar refractivity (Wildman–Crippen MR) is 56.4 cm³/mol. The lowest BCUT2D eigenvalue weighted by Crippen LogP contribution is -2.28. The number of carbonyl (C=O) groups excluding carboxylic acids is 1. The van der Waals surface area contributed by atoms with Crippen LogP contribution in [-0.4, -0.2) is 29.6 Å². The smallest absolute Gasteiger partial charge is 0.256 e. The molecule has 1 aliphatic rings. The fourth-order valence-electron chi connectivity index (χ4n) is 1.39. The van der Waals surface area contributed by atoms with Gasteiger partial charge in [-0.15, -0.1) is 0 Å². The van der Waals surface area contributed by atoms with Crippen LogP contribution < -0.4 is 0 Å². The first kappa shape index (κ1) is 9.21. The number of nitrogens with zero attached hydrogens (tertiary/aromatic N) is 2. The van der Waals surface area contributed by atoms with Crippen LogP contribution >= 0.6 is 11.6 Å². The zero-order valence-electron chi connectivity index (χ0n) is 7.70. The van der Waals surface area contributed by atoms with Gasteiger partial charge in [0.25, 0.3) is 5.91 Å². The molecule has 0 saturated carbocycles. The highest BCUT2D eigenvalue weighted by molar-refractivity contribution is 6.66. The number of hydrogen-bond donors (Lipinski definition) is 0. The Morgan fingerprint density at radius 2 is 2.14 bits per heavy atom. The van der Waals surface area contributed by atoms with E-state index in [1.807, 2.05) is 12.1 Å². The predicted octanol–water partition coefficient (Wildman–Crippen LogP) is 2.04. The highest BCUT2D eigenvalue weighted by Crippen LogP contribution is 2.23. The molecule has 1 aromatic rings. The van der Waals surface area contributed by atoms with Crippen molar-refractivity contribution in [2.75, 3.05) is 13.6 Å². The quantitative estimate of drug-likeness (QED) is 0.642. The molecule has 0 unspecified atom stereocenters. The van der Waals surface area contributed by atoms with Crippen molar-refractivity contribution in [3.05, 3.63) is 29.8 Å². The lowest BCUT2D eigenvalue weighted by atomic mass is 10.1. The second kappa shape index (κ2) is 3.42. The van der Waals surface area contributed by atoms with Crippen molar-refractivity contribution in [1.29, 1.82) is 0 Å². The van der Waals surface area contributed by atoms with Crippen LogP contribution in [0, 0.1) is 0 Å². The molecule has 0 bridgehead atoms. The van der Waals surface area contributed by atoms with E-state index in [1.54, 1.807) is 24.1 Å². The molecule has 0 spiro atoms. The Hall–Kier alpha value is -1.35. The molecule has 3 nitrogen and oxygen atoms in total. The second-order valence-electron chi connectivity index (χ2n) is 3.17. The van der Waals surface area contributed by atoms with Crippen LogP contribution in [0.15, 0.2) is 29.3 Å². The summed E-state index contributed by atoms with van der Waals surface area (Å²) in [7, 11) is 1.71. The van der Waals surface area contributed by atoms with Crippen LogP contribution in [0.5, 0.6) is 0 Å². The number of rotatable bonds is 0. The molecule has 0 fully saturated rings. The number of aliphatic imine (C=N–C) groups is 1. The molecule has 0 saturated heterocycles. The summed E-state index contributed by atoms with van der Waals surface area (Å²) in [5, 5.41) is 0.436. The summed E-state index contributed by atoms with van der Waals surface area (Å²) >= 11 is 5.87. The summed E-state index contributed by atoms with van der Waals surface area (Å²) in [5.74, 6) is -0.0417. The summed E-state index contributed by atoms with van der Waals surface area (Å²) in [6, 6.07) is 7.20. The van der Waals surface area contributed by atoms with Gasteiger partial charge in [0.1, 0.15) is 5.17 Å². The first-order chi connectivity index (χ1) is 6.68. The number of halogens is 1. The molecule has 1 aromatic carbocycles. The Morgan fingerprint density at radius 1 is 1.43 bits per heavy atom. The van der Waals surface area contributed by atoms with Gasteiger partial charge in [-0.25, -0.2) is 4.99 Å². The Labute approximate surface area is 87.0 Å². The molecule has 4 heteroatoms. The Kier molecular flexibility index (Phi) is 2.25. The number of carbonyl (C=O) groups is 1. The summed E-state index contributed by atoms with van der Waals surface area (Å²) in [6.45, 7) is 0.370. The highest BCUT2D eigenvalue weighted by atomic mass is 35.5. The van der Waals surface area contributed by atoms with Crippen LogP contribution in [0.25, 0.3) is 0 Å². The average Bonchev–Trinajstić information content (AvgIpc) is 2.26. The molecular formula is C10H9ClN2O. The van der Waals surface area contributed by atoms with Crippen molar-refractivity contribution in [2.24, 2.45) is 4.99 Å². The van der Waals surface area contributed by atoms with Crippen LogP contribution in [0.2, 0.25) is 0 Å². The number of benzene rings is 1. The fraction of sp³-hybridized carbons (Fsp3) is 0.200. The van der Waals surface area contributed by atoms with Crippen molar-refractivity contribution in [3.8, 4) is 0 Å². The summed E-state index contributed by atoms with van der Waals surface area (Å²) in [5.41, 5.74) is 1.25. The maximum Gasteiger partial charge on any atom is 0.256 e. The normalized spacial score (nSPS) is 16.0. The fourth-order valence-corrected chi connectivity index (χ4v) is 1.66. The van der Waals surface area contributed by atoms with Crippen molar-refractivity contribution in [3.63, 3.8) is 0 Å².